The van der Waals surface area contributed by atoms with E-state index in [9.17, 15) is 8.78 Å². The summed E-state index contributed by atoms with van der Waals surface area (Å²) in [4.78, 5) is 0. The maximum absolute atomic E-state index is 15.0. The molecule has 0 aliphatic heterocycles. The van der Waals surface area contributed by atoms with E-state index in [1.807, 2.05) is 25.1 Å². The van der Waals surface area contributed by atoms with Crippen LogP contribution in [0.3, 0.4) is 0 Å². The summed E-state index contributed by atoms with van der Waals surface area (Å²) in [6.07, 6.45) is 9.80. The van der Waals surface area contributed by atoms with Crippen LogP contribution in [-0.4, -0.2) is 6.61 Å². The maximum Gasteiger partial charge on any atom is 0.201 e. The monoisotopic (exact) mass is 462 g/mol. The van der Waals surface area contributed by atoms with Crippen molar-refractivity contribution >= 4 is 0 Å². The van der Waals surface area contributed by atoms with Gasteiger partial charge >= 0.3 is 0 Å². The molecule has 4 rings (SSSR count). The standard InChI is InChI=1S/C30H29F3O/c1-3-5-18-34-28-17-16-26(29(32)30(28)33)23-12-10-22(11-13-23)25-15-14-24(19-27(25)31)21-8-6-20(4-2)7-9-21/h3-5,10-17,19-21H,2,6-9,18H2,1H3/b5-3+. The van der Waals surface area contributed by atoms with Crippen LogP contribution in [0.2, 0.25) is 0 Å². The summed E-state index contributed by atoms with van der Waals surface area (Å²) >= 11 is 0. The molecule has 1 aliphatic rings. The highest BCUT2D eigenvalue weighted by Gasteiger charge is 2.22. The molecule has 0 N–H and O–H groups in total. The molecule has 1 fully saturated rings. The summed E-state index contributed by atoms with van der Waals surface area (Å²) in [6, 6.07) is 15.2. The summed E-state index contributed by atoms with van der Waals surface area (Å²) in [7, 11) is 0. The zero-order valence-electron chi connectivity index (χ0n) is 19.4. The van der Waals surface area contributed by atoms with Crippen LogP contribution in [0.5, 0.6) is 5.75 Å². The highest BCUT2D eigenvalue weighted by molar-refractivity contribution is 5.71. The molecule has 1 aliphatic carbocycles. The molecule has 34 heavy (non-hydrogen) atoms. The Labute approximate surface area is 199 Å². The summed E-state index contributed by atoms with van der Waals surface area (Å²) in [5, 5.41) is 0. The summed E-state index contributed by atoms with van der Waals surface area (Å²) in [6.45, 7) is 5.88. The molecule has 0 bridgehead atoms. The van der Waals surface area contributed by atoms with Crippen molar-refractivity contribution in [2.45, 2.75) is 38.5 Å². The van der Waals surface area contributed by atoms with Crippen LogP contribution in [0.1, 0.15) is 44.1 Å². The molecule has 0 amide bonds. The lowest BCUT2D eigenvalue weighted by Gasteiger charge is -2.27. The van der Waals surface area contributed by atoms with Gasteiger partial charge < -0.3 is 4.74 Å². The fraction of sp³-hybridized carbons (Fsp3) is 0.267. The first-order valence-electron chi connectivity index (χ1n) is 11.8. The second kappa shape index (κ2) is 10.8. The average Bonchev–Trinajstić information content (AvgIpc) is 2.87. The fourth-order valence-corrected chi connectivity index (χ4v) is 4.64. The Morgan fingerprint density at radius 1 is 0.853 bits per heavy atom. The number of ether oxygens (including phenoxy) is 1. The molecule has 0 radical (unpaired) electrons. The van der Waals surface area contributed by atoms with Crippen molar-refractivity contribution in [3.05, 3.63) is 102 Å². The number of hydrogen-bond donors (Lipinski definition) is 0. The minimum atomic E-state index is -1.02. The second-order valence-corrected chi connectivity index (χ2v) is 8.78. The largest absolute Gasteiger partial charge is 0.486 e. The van der Waals surface area contributed by atoms with Crippen molar-refractivity contribution in [3.8, 4) is 28.0 Å². The first kappa shape index (κ1) is 23.9. The molecule has 176 valence electrons. The molecule has 0 aromatic heterocycles. The quantitative estimate of drug-likeness (QED) is 0.319. The van der Waals surface area contributed by atoms with Gasteiger partial charge in [-0.05, 0) is 79.3 Å². The van der Waals surface area contributed by atoms with E-state index >= 15 is 4.39 Å². The molecule has 0 atom stereocenters. The number of hydrogen-bond acceptors (Lipinski definition) is 1. The van der Waals surface area contributed by atoms with E-state index in [0.29, 0.717) is 28.5 Å². The first-order valence-corrected chi connectivity index (χ1v) is 11.8. The van der Waals surface area contributed by atoms with E-state index in [4.69, 9.17) is 4.74 Å². The molecule has 0 unspecified atom stereocenters. The van der Waals surface area contributed by atoms with E-state index < -0.39 is 11.6 Å². The minimum absolute atomic E-state index is 0.129. The van der Waals surface area contributed by atoms with Crippen LogP contribution in [0, 0.1) is 23.4 Å². The molecule has 3 aromatic rings. The summed E-state index contributed by atoms with van der Waals surface area (Å²) in [5.41, 5.74) is 2.86. The van der Waals surface area contributed by atoms with Crippen LogP contribution in [0.4, 0.5) is 13.2 Å². The van der Waals surface area contributed by atoms with E-state index in [1.165, 1.54) is 12.1 Å². The minimum Gasteiger partial charge on any atom is -0.486 e. The van der Waals surface area contributed by atoms with Crippen molar-refractivity contribution in [3.63, 3.8) is 0 Å². The average molecular weight is 463 g/mol. The van der Waals surface area contributed by atoms with Gasteiger partial charge in [-0.25, -0.2) is 8.78 Å². The van der Waals surface area contributed by atoms with Gasteiger partial charge in [-0.2, -0.15) is 4.39 Å². The van der Waals surface area contributed by atoms with Gasteiger partial charge in [0, 0.05) is 11.1 Å². The topological polar surface area (TPSA) is 9.23 Å². The van der Waals surface area contributed by atoms with Gasteiger partial charge in [0.1, 0.15) is 12.4 Å². The molecular formula is C30H29F3O. The van der Waals surface area contributed by atoms with Gasteiger partial charge in [0.15, 0.2) is 11.6 Å². The maximum atomic E-state index is 15.0. The Kier molecular flexibility index (Phi) is 7.56. The Morgan fingerprint density at radius 3 is 2.12 bits per heavy atom. The molecule has 3 aromatic carbocycles. The third-order valence-electron chi connectivity index (χ3n) is 6.69. The number of benzene rings is 3. The van der Waals surface area contributed by atoms with Crippen LogP contribution < -0.4 is 4.74 Å². The van der Waals surface area contributed by atoms with Gasteiger partial charge in [0.25, 0.3) is 0 Å². The van der Waals surface area contributed by atoms with Crippen molar-refractivity contribution in [2.75, 3.05) is 6.61 Å². The lowest BCUT2D eigenvalue weighted by molar-refractivity contribution is 0.332. The highest BCUT2D eigenvalue weighted by atomic mass is 19.2. The van der Waals surface area contributed by atoms with Gasteiger partial charge in [-0.3, -0.25) is 0 Å². The summed E-state index contributed by atoms with van der Waals surface area (Å²) in [5.74, 6) is -1.43. The van der Waals surface area contributed by atoms with Gasteiger partial charge in [0.05, 0.1) is 0 Å². The zero-order chi connectivity index (χ0) is 24.1. The van der Waals surface area contributed by atoms with E-state index in [0.717, 1.165) is 31.2 Å². The van der Waals surface area contributed by atoms with Crippen LogP contribution in [0.25, 0.3) is 22.3 Å². The van der Waals surface area contributed by atoms with E-state index in [2.05, 4.69) is 6.58 Å². The van der Waals surface area contributed by atoms with E-state index in [-0.39, 0.29) is 23.7 Å². The Morgan fingerprint density at radius 2 is 1.50 bits per heavy atom. The third kappa shape index (κ3) is 5.11. The second-order valence-electron chi connectivity index (χ2n) is 8.78. The zero-order valence-corrected chi connectivity index (χ0v) is 19.4. The van der Waals surface area contributed by atoms with Crippen LogP contribution in [-0.2, 0) is 0 Å². The van der Waals surface area contributed by atoms with E-state index in [1.54, 1.807) is 42.5 Å². The molecule has 0 spiro atoms. The predicted molar refractivity (Wildman–Crippen MR) is 132 cm³/mol. The van der Waals surface area contributed by atoms with Gasteiger partial charge in [-0.1, -0.05) is 54.6 Å². The van der Waals surface area contributed by atoms with Crippen molar-refractivity contribution in [1.29, 1.82) is 0 Å². The molecule has 4 heteroatoms. The molecule has 0 heterocycles. The molecule has 0 saturated heterocycles. The third-order valence-corrected chi connectivity index (χ3v) is 6.69. The van der Waals surface area contributed by atoms with Crippen molar-refractivity contribution in [2.24, 2.45) is 5.92 Å². The Bertz CT molecular complexity index is 1170. The number of rotatable bonds is 7. The van der Waals surface area contributed by atoms with Crippen molar-refractivity contribution < 1.29 is 17.9 Å². The lowest BCUT2D eigenvalue weighted by atomic mass is 9.78. The number of halogens is 3. The Hall–Kier alpha value is -3.27. The van der Waals surface area contributed by atoms with Crippen LogP contribution >= 0.6 is 0 Å². The normalized spacial score (nSPS) is 18.2. The highest BCUT2D eigenvalue weighted by Crippen LogP contribution is 2.38. The lowest BCUT2D eigenvalue weighted by Crippen LogP contribution is -2.11. The first-order chi connectivity index (χ1) is 16.5. The van der Waals surface area contributed by atoms with Gasteiger partial charge in [-0.15, -0.1) is 6.58 Å². The smallest absolute Gasteiger partial charge is 0.201 e. The van der Waals surface area contributed by atoms with Gasteiger partial charge in [0.2, 0.25) is 5.82 Å². The Balaban J connectivity index is 1.52. The molecule has 1 saturated carbocycles. The fourth-order valence-electron chi connectivity index (χ4n) is 4.64. The van der Waals surface area contributed by atoms with Crippen molar-refractivity contribution in [1.82, 2.24) is 0 Å². The SMILES string of the molecule is C=CC1CCC(c2ccc(-c3ccc(-c4ccc(OC/C=C/C)c(F)c4F)cc3)c(F)c2)CC1. The number of allylic oxidation sites excluding steroid dienone is 2. The molecular weight excluding hydrogens is 433 g/mol. The summed E-state index contributed by atoms with van der Waals surface area (Å²) < 4.78 is 49.4. The van der Waals surface area contributed by atoms with Crippen LogP contribution in [0.15, 0.2) is 79.4 Å². The molecule has 1 nitrogen and oxygen atoms in total. The predicted octanol–water partition coefficient (Wildman–Crippen LogP) is 8.85.